The van der Waals surface area contributed by atoms with E-state index in [2.05, 4.69) is 4.72 Å². The fraction of sp³-hybridized carbons (Fsp3) is 0.200. The van der Waals surface area contributed by atoms with Crippen LogP contribution in [0.1, 0.15) is 18.0 Å². The predicted octanol–water partition coefficient (Wildman–Crippen LogP) is 3.99. The lowest BCUT2D eigenvalue weighted by Crippen LogP contribution is -2.30. The van der Waals surface area contributed by atoms with Crippen molar-refractivity contribution in [3.05, 3.63) is 58.9 Å². The quantitative estimate of drug-likeness (QED) is 0.903. The highest BCUT2D eigenvalue weighted by Crippen LogP contribution is 2.38. The third-order valence-corrected chi connectivity index (χ3v) is 6.28. The molecular formula is C15H13ClFNO2S2. The van der Waals surface area contributed by atoms with Crippen molar-refractivity contribution >= 4 is 33.4 Å². The SMILES string of the molecule is O=S(=O)(NC1CCSc2ccc(Cl)cc21)c1ccc(F)cc1. The lowest BCUT2D eigenvalue weighted by Gasteiger charge is -2.26. The lowest BCUT2D eigenvalue weighted by molar-refractivity contribution is 0.545. The fourth-order valence-corrected chi connectivity index (χ4v) is 4.89. The molecule has 116 valence electrons. The monoisotopic (exact) mass is 357 g/mol. The van der Waals surface area contributed by atoms with Crippen molar-refractivity contribution in [1.29, 1.82) is 0 Å². The Morgan fingerprint density at radius 1 is 1.18 bits per heavy atom. The Hall–Kier alpha value is -1.08. The van der Waals surface area contributed by atoms with Crippen LogP contribution in [0, 0.1) is 5.82 Å². The minimum atomic E-state index is -3.70. The Bertz CT molecular complexity index is 794. The zero-order chi connectivity index (χ0) is 15.7. The van der Waals surface area contributed by atoms with E-state index in [0.717, 1.165) is 28.3 Å². The summed E-state index contributed by atoms with van der Waals surface area (Å²) in [4.78, 5) is 1.08. The molecule has 1 atom stereocenters. The van der Waals surface area contributed by atoms with Gasteiger partial charge in [0.05, 0.1) is 4.90 Å². The van der Waals surface area contributed by atoms with Crippen molar-refractivity contribution in [2.75, 3.05) is 5.75 Å². The fourth-order valence-electron chi connectivity index (χ4n) is 2.36. The molecule has 3 nitrogen and oxygen atoms in total. The lowest BCUT2D eigenvalue weighted by atomic mass is 10.1. The molecule has 1 N–H and O–H groups in total. The summed E-state index contributed by atoms with van der Waals surface area (Å²) >= 11 is 7.70. The van der Waals surface area contributed by atoms with E-state index in [1.54, 1.807) is 23.9 Å². The van der Waals surface area contributed by atoms with Crippen LogP contribution >= 0.6 is 23.4 Å². The molecule has 0 saturated carbocycles. The number of sulfonamides is 1. The minimum Gasteiger partial charge on any atom is -0.207 e. The molecule has 0 saturated heterocycles. The number of benzene rings is 2. The molecule has 1 heterocycles. The number of thioether (sulfide) groups is 1. The number of halogens is 2. The number of rotatable bonds is 3. The second-order valence-corrected chi connectivity index (χ2v) is 8.23. The largest absolute Gasteiger partial charge is 0.241 e. The van der Waals surface area contributed by atoms with Crippen LogP contribution < -0.4 is 4.72 Å². The van der Waals surface area contributed by atoms with Crippen LogP contribution in [0.15, 0.2) is 52.3 Å². The van der Waals surface area contributed by atoms with E-state index in [1.165, 1.54) is 12.1 Å². The van der Waals surface area contributed by atoms with Crippen LogP contribution in [0.4, 0.5) is 4.39 Å². The van der Waals surface area contributed by atoms with E-state index >= 15 is 0 Å². The third kappa shape index (κ3) is 3.30. The molecule has 2 aromatic carbocycles. The van der Waals surface area contributed by atoms with Gasteiger partial charge in [-0.1, -0.05) is 11.6 Å². The Balaban J connectivity index is 1.91. The Kier molecular flexibility index (Phi) is 4.45. The summed E-state index contributed by atoms with van der Waals surface area (Å²) in [5.74, 6) is 0.357. The number of hydrogen-bond acceptors (Lipinski definition) is 3. The molecule has 0 bridgehead atoms. The molecule has 1 aliphatic rings. The van der Waals surface area contributed by atoms with Gasteiger partial charge < -0.3 is 0 Å². The molecule has 0 amide bonds. The molecule has 1 unspecified atom stereocenters. The first-order valence-corrected chi connectivity index (χ1v) is 9.50. The van der Waals surface area contributed by atoms with E-state index in [0.29, 0.717) is 11.4 Å². The van der Waals surface area contributed by atoms with Gasteiger partial charge in [-0.25, -0.2) is 17.5 Å². The highest BCUT2D eigenvalue weighted by molar-refractivity contribution is 7.99. The Morgan fingerprint density at radius 3 is 2.64 bits per heavy atom. The first-order valence-electron chi connectivity index (χ1n) is 6.66. The van der Waals surface area contributed by atoms with Gasteiger partial charge in [-0.2, -0.15) is 0 Å². The van der Waals surface area contributed by atoms with Crippen molar-refractivity contribution in [2.24, 2.45) is 0 Å². The summed E-state index contributed by atoms with van der Waals surface area (Å²) in [7, 11) is -3.70. The third-order valence-electron chi connectivity index (χ3n) is 3.43. The Labute approximate surface area is 137 Å². The highest BCUT2D eigenvalue weighted by Gasteiger charge is 2.26. The summed E-state index contributed by atoms with van der Waals surface area (Å²) in [6.45, 7) is 0. The highest BCUT2D eigenvalue weighted by atomic mass is 35.5. The van der Waals surface area contributed by atoms with Crippen molar-refractivity contribution in [1.82, 2.24) is 4.72 Å². The number of hydrogen-bond donors (Lipinski definition) is 1. The van der Waals surface area contributed by atoms with Gasteiger partial charge in [0, 0.05) is 16.0 Å². The maximum atomic E-state index is 12.9. The van der Waals surface area contributed by atoms with Crippen LogP contribution in [0.5, 0.6) is 0 Å². The Morgan fingerprint density at radius 2 is 1.91 bits per heavy atom. The molecule has 0 fully saturated rings. The normalized spacial score (nSPS) is 18.0. The van der Waals surface area contributed by atoms with E-state index in [-0.39, 0.29) is 10.9 Å². The zero-order valence-corrected chi connectivity index (χ0v) is 13.8. The molecule has 1 aliphatic heterocycles. The van der Waals surface area contributed by atoms with Gasteiger partial charge in [0.15, 0.2) is 0 Å². The van der Waals surface area contributed by atoms with Crippen LogP contribution in [-0.4, -0.2) is 14.2 Å². The second kappa shape index (κ2) is 6.20. The molecule has 22 heavy (non-hydrogen) atoms. The second-order valence-electron chi connectivity index (χ2n) is 4.95. The molecule has 3 rings (SSSR count). The van der Waals surface area contributed by atoms with Crippen LogP contribution in [-0.2, 0) is 10.0 Å². The maximum Gasteiger partial charge on any atom is 0.241 e. The number of nitrogens with one attached hydrogen (secondary N) is 1. The van der Waals surface area contributed by atoms with E-state index < -0.39 is 15.8 Å². The van der Waals surface area contributed by atoms with Gasteiger partial charge in [0.25, 0.3) is 0 Å². The number of fused-ring (bicyclic) bond motifs is 1. The summed E-state index contributed by atoms with van der Waals surface area (Å²) in [6, 6.07) is 9.95. The topological polar surface area (TPSA) is 46.2 Å². The van der Waals surface area contributed by atoms with Crippen molar-refractivity contribution < 1.29 is 12.8 Å². The first-order chi connectivity index (χ1) is 10.5. The van der Waals surface area contributed by atoms with Crippen LogP contribution in [0.2, 0.25) is 5.02 Å². The van der Waals surface area contributed by atoms with Crippen molar-refractivity contribution in [2.45, 2.75) is 22.3 Å². The van der Waals surface area contributed by atoms with Crippen LogP contribution in [0.25, 0.3) is 0 Å². The average molecular weight is 358 g/mol. The molecule has 0 aromatic heterocycles. The summed E-state index contributed by atoms with van der Waals surface area (Å²) in [6.07, 6.45) is 0.679. The van der Waals surface area contributed by atoms with Gasteiger partial charge in [-0.15, -0.1) is 11.8 Å². The van der Waals surface area contributed by atoms with E-state index in [9.17, 15) is 12.8 Å². The van der Waals surface area contributed by atoms with Gasteiger partial charge >= 0.3 is 0 Å². The van der Waals surface area contributed by atoms with Gasteiger partial charge in [-0.3, -0.25) is 0 Å². The van der Waals surface area contributed by atoms with Crippen molar-refractivity contribution in [3.63, 3.8) is 0 Å². The summed E-state index contributed by atoms with van der Waals surface area (Å²) in [5, 5.41) is 0.576. The summed E-state index contributed by atoms with van der Waals surface area (Å²) in [5.41, 5.74) is 0.884. The molecular weight excluding hydrogens is 345 g/mol. The standard InChI is InChI=1S/C15H13ClFNO2S2/c16-10-1-6-15-13(9-10)14(7-8-21-15)18-22(19,20)12-4-2-11(17)3-5-12/h1-6,9,14,18H,7-8H2. The predicted molar refractivity (Wildman–Crippen MR) is 86.3 cm³/mol. The maximum absolute atomic E-state index is 12.9. The summed E-state index contributed by atoms with van der Waals surface area (Å²) < 4.78 is 40.5. The molecule has 2 aromatic rings. The molecule has 7 heteroatoms. The smallest absolute Gasteiger partial charge is 0.207 e. The van der Waals surface area contributed by atoms with E-state index in [4.69, 9.17) is 11.6 Å². The van der Waals surface area contributed by atoms with Gasteiger partial charge in [-0.05, 0) is 60.2 Å². The van der Waals surface area contributed by atoms with Gasteiger partial charge in [0.2, 0.25) is 10.0 Å². The van der Waals surface area contributed by atoms with E-state index in [1.807, 2.05) is 6.07 Å². The first kappa shape index (κ1) is 15.8. The minimum absolute atomic E-state index is 0.0516. The molecule has 0 aliphatic carbocycles. The van der Waals surface area contributed by atoms with Crippen molar-refractivity contribution in [3.8, 4) is 0 Å². The molecule has 0 spiro atoms. The molecule has 0 radical (unpaired) electrons. The van der Waals surface area contributed by atoms with Crippen LogP contribution in [0.3, 0.4) is 0 Å². The zero-order valence-electron chi connectivity index (χ0n) is 11.4. The van der Waals surface area contributed by atoms with Gasteiger partial charge in [0.1, 0.15) is 5.82 Å². The average Bonchev–Trinajstić information content (AvgIpc) is 2.48.